The van der Waals surface area contributed by atoms with Crippen molar-refractivity contribution in [3.05, 3.63) is 0 Å². The molecule has 0 aromatic heterocycles. The van der Waals surface area contributed by atoms with Crippen molar-refractivity contribution < 1.29 is 4.39 Å². The van der Waals surface area contributed by atoms with Gasteiger partial charge in [0.25, 0.3) is 0 Å². The number of halogens is 1. The van der Waals surface area contributed by atoms with Crippen molar-refractivity contribution >= 4 is 0 Å². The minimum Gasteiger partial charge on any atom is -0.255 e. The average molecular weight is 188 g/mol. The van der Waals surface area contributed by atoms with Crippen LogP contribution in [0.3, 0.4) is 0 Å². The molecule has 0 amide bonds. The van der Waals surface area contributed by atoms with E-state index in [-0.39, 0.29) is 6.67 Å². The van der Waals surface area contributed by atoms with E-state index in [1.807, 2.05) is 0 Å². The first kappa shape index (κ1) is 10.9. The molecule has 0 saturated carbocycles. The average Bonchev–Trinajstić information content (AvgIpc) is 2.10. The molecular formula is C10H21FN2. The van der Waals surface area contributed by atoms with Gasteiger partial charge in [-0.1, -0.05) is 6.42 Å². The van der Waals surface area contributed by atoms with Crippen molar-refractivity contribution in [1.29, 1.82) is 0 Å². The summed E-state index contributed by atoms with van der Waals surface area (Å²) in [5, 5.41) is 2.29. The molecule has 2 unspecified atom stereocenters. The number of nitrogens with zero attached hydrogens (tertiary/aromatic N) is 1. The lowest BCUT2D eigenvalue weighted by Gasteiger charge is -2.39. The van der Waals surface area contributed by atoms with Gasteiger partial charge in [-0.3, -0.25) is 9.82 Å². The van der Waals surface area contributed by atoms with Gasteiger partial charge in [0, 0.05) is 18.6 Å². The van der Waals surface area contributed by atoms with Gasteiger partial charge < -0.3 is 0 Å². The Morgan fingerprint density at radius 3 is 2.46 bits per heavy atom. The molecule has 1 heterocycles. The Labute approximate surface area is 80.5 Å². The Morgan fingerprint density at radius 1 is 1.31 bits per heavy atom. The maximum atomic E-state index is 11.9. The molecule has 0 radical (unpaired) electrons. The molecule has 1 aliphatic heterocycles. The van der Waals surface area contributed by atoms with Crippen molar-refractivity contribution in [1.82, 2.24) is 10.4 Å². The summed E-state index contributed by atoms with van der Waals surface area (Å²) < 4.78 is 11.9. The van der Waals surface area contributed by atoms with Crippen LogP contribution in [0.4, 0.5) is 4.39 Å². The smallest absolute Gasteiger partial charge is 0.0907 e. The number of nitrogens with one attached hydrogen (secondary N) is 1. The molecule has 0 aliphatic carbocycles. The van der Waals surface area contributed by atoms with Gasteiger partial charge in [-0.2, -0.15) is 0 Å². The molecule has 2 nitrogen and oxygen atoms in total. The first-order valence-corrected chi connectivity index (χ1v) is 5.33. The van der Waals surface area contributed by atoms with Gasteiger partial charge >= 0.3 is 0 Å². The van der Waals surface area contributed by atoms with E-state index >= 15 is 0 Å². The van der Waals surface area contributed by atoms with E-state index in [1.165, 1.54) is 19.3 Å². The lowest BCUT2D eigenvalue weighted by Crippen LogP contribution is -2.52. The highest BCUT2D eigenvalue weighted by Crippen LogP contribution is 2.19. The summed E-state index contributed by atoms with van der Waals surface area (Å²) >= 11 is 0. The van der Waals surface area contributed by atoms with E-state index in [0.29, 0.717) is 18.5 Å². The summed E-state index contributed by atoms with van der Waals surface area (Å²) in [6.07, 6.45) is 4.46. The first-order chi connectivity index (χ1) is 6.25. The quantitative estimate of drug-likeness (QED) is 0.680. The number of hydrogen-bond donors (Lipinski definition) is 1. The molecule has 1 rings (SSSR count). The fraction of sp³-hybridized carbons (Fsp3) is 1.00. The summed E-state index contributed by atoms with van der Waals surface area (Å²) in [6, 6.07) is 1.20. The number of hydrazine groups is 1. The molecule has 0 spiro atoms. The first-order valence-electron chi connectivity index (χ1n) is 5.33. The second-order valence-corrected chi connectivity index (χ2v) is 3.99. The minimum atomic E-state index is -0.219. The van der Waals surface area contributed by atoms with Crippen LogP contribution in [0.25, 0.3) is 0 Å². The second kappa shape index (κ2) is 5.55. The lowest BCUT2D eigenvalue weighted by molar-refractivity contribution is 0.0455. The van der Waals surface area contributed by atoms with Crippen LogP contribution in [0.1, 0.15) is 39.5 Å². The Hall–Kier alpha value is -0.150. The molecule has 0 aromatic rings. The van der Waals surface area contributed by atoms with Crippen molar-refractivity contribution in [2.75, 3.05) is 13.2 Å². The van der Waals surface area contributed by atoms with Crippen molar-refractivity contribution in [3.8, 4) is 0 Å². The Kier molecular flexibility index (Phi) is 4.67. The van der Waals surface area contributed by atoms with Crippen LogP contribution < -0.4 is 5.43 Å². The van der Waals surface area contributed by atoms with E-state index in [9.17, 15) is 4.39 Å². The van der Waals surface area contributed by atoms with E-state index in [1.54, 1.807) is 0 Å². The highest BCUT2D eigenvalue weighted by Gasteiger charge is 2.23. The normalized spacial score (nSPS) is 30.7. The maximum Gasteiger partial charge on any atom is 0.0907 e. The molecule has 0 aromatic carbocycles. The third-order valence-electron chi connectivity index (χ3n) is 2.80. The highest BCUT2D eigenvalue weighted by atomic mass is 19.1. The second-order valence-electron chi connectivity index (χ2n) is 3.99. The number of alkyl halides is 1. The zero-order valence-corrected chi connectivity index (χ0v) is 8.72. The zero-order chi connectivity index (χ0) is 9.68. The monoisotopic (exact) mass is 188 g/mol. The van der Waals surface area contributed by atoms with E-state index < -0.39 is 0 Å². The van der Waals surface area contributed by atoms with E-state index in [4.69, 9.17) is 0 Å². The molecule has 3 heteroatoms. The van der Waals surface area contributed by atoms with Crippen LogP contribution in [-0.4, -0.2) is 30.3 Å². The predicted octanol–water partition coefficient (Wildman–Crippen LogP) is 2.11. The molecular weight excluding hydrogens is 167 g/mol. The van der Waals surface area contributed by atoms with Crippen LogP contribution in [0.15, 0.2) is 0 Å². The third-order valence-corrected chi connectivity index (χ3v) is 2.80. The minimum absolute atomic E-state index is 0.219. The number of rotatable bonds is 4. The van der Waals surface area contributed by atoms with Crippen LogP contribution in [-0.2, 0) is 0 Å². The molecule has 1 saturated heterocycles. The molecule has 2 atom stereocenters. The molecule has 1 aliphatic rings. The molecule has 1 fully saturated rings. The fourth-order valence-electron chi connectivity index (χ4n) is 2.01. The topological polar surface area (TPSA) is 15.3 Å². The largest absolute Gasteiger partial charge is 0.255 e. The molecule has 13 heavy (non-hydrogen) atoms. The Bertz CT molecular complexity index is 131. The van der Waals surface area contributed by atoms with Gasteiger partial charge in [0.05, 0.1) is 6.67 Å². The highest BCUT2D eigenvalue weighted by molar-refractivity contribution is 4.76. The fourth-order valence-corrected chi connectivity index (χ4v) is 2.01. The predicted molar refractivity (Wildman–Crippen MR) is 53.2 cm³/mol. The number of piperidine rings is 1. The SMILES string of the molecule is CC1CCCC(C)N1NCCCF. The Morgan fingerprint density at radius 2 is 1.92 bits per heavy atom. The summed E-state index contributed by atoms with van der Waals surface area (Å²) in [5.41, 5.74) is 3.32. The van der Waals surface area contributed by atoms with Crippen LogP contribution in [0, 0.1) is 0 Å². The van der Waals surface area contributed by atoms with Gasteiger partial charge in [-0.25, -0.2) is 5.01 Å². The molecule has 78 valence electrons. The summed E-state index contributed by atoms with van der Waals surface area (Å²) in [7, 11) is 0. The van der Waals surface area contributed by atoms with Crippen LogP contribution in [0.2, 0.25) is 0 Å². The van der Waals surface area contributed by atoms with Crippen molar-refractivity contribution in [2.24, 2.45) is 0 Å². The maximum absolute atomic E-state index is 11.9. The van der Waals surface area contributed by atoms with Gasteiger partial charge in [0.1, 0.15) is 0 Å². The van der Waals surface area contributed by atoms with Gasteiger partial charge in [-0.15, -0.1) is 0 Å². The van der Waals surface area contributed by atoms with E-state index in [2.05, 4.69) is 24.3 Å². The number of hydrogen-bond acceptors (Lipinski definition) is 2. The lowest BCUT2D eigenvalue weighted by atomic mass is 10.00. The molecule has 0 bridgehead atoms. The summed E-state index contributed by atoms with van der Waals surface area (Å²) in [4.78, 5) is 0. The van der Waals surface area contributed by atoms with Crippen LogP contribution in [0.5, 0.6) is 0 Å². The van der Waals surface area contributed by atoms with Gasteiger partial charge in [0.2, 0.25) is 0 Å². The van der Waals surface area contributed by atoms with Gasteiger partial charge in [-0.05, 0) is 33.1 Å². The standard InChI is InChI=1S/C10H21FN2/c1-9-5-3-6-10(2)13(9)12-8-4-7-11/h9-10,12H,3-8H2,1-2H3. The van der Waals surface area contributed by atoms with Crippen molar-refractivity contribution in [2.45, 2.75) is 51.6 Å². The van der Waals surface area contributed by atoms with Crippen LogP contribution >= 0.6 is 0 Å². The summed E-state index contributed by atoms with van der Waals surface area (Å²) in [6.45, 7) is 5.02. The molecule has 1 N–H and O–H groups in total. The van der Waals surface area contributed by atoms with Crippen molar-refractivity contribution in [3.63, 3.8) is 0 Å². The van der Waals surface area contributed by atoms with E-state index in [0.717, 1.165) is 6.54 Å². The Balaban J connectivity index is 2.26. The van der Waals surface area contributed by atoms with Gasteiger partial charge in [0.15, 0.2) is 0 Å². The zero-order valence-electron chi connectivity index (χ0n) is 8.72. The summed E-state index contributed by atoms with van der Waals surface area (Å²) in [5.74, 6) is 0. The third kappa shape index (κ3) is 3.24.